The van der Waals surface area contributed by atoms with Crippen LogP contribution in [0.3, 0.4) is 0 Å². The minimum absolute atomic E-state index is 0.0315. The zero-order chi connectivity index (χ0) is 23.8. The van der Waals surface area contributed by atoms with Gasteiger partial charge in [-0.25, -0.2) is 0 Å². The molecular weight excluding hydrogens is 457 g/mol. The minimum Gasteiger partial charge on any atom is -0.352 e. The summed E-state index contributed by atoms with van der Waals surface area (Å²) in [5.41, 5.74) is -0.475. The molecule has 11 heteroatoms. The second-order valence-corrected chi connectivity index (χ2v) is 8.51. The van der Waals surface area contributed by atoms with Crippen LogP contribution in [0.5, 0.6) is 0 Å². The molecule has 1 fully saturated rings. The molecule has 1 saturated heterocycles. The van der Waals surface area contributed by atoms with Crippen molar-refractivity contribution in [1.82, 2.24) is 16.0 Å². The van der Waals surface area contributed by atoms with Crippen molar-refractivity contribution in [3.63, 3.8) is 0 Å². The molecule has 176 valence electrons. The van der Waals surface area contributed by atoms with Crippen molar-refractivity contribution in [3.8, 4) is 0 Å². The molecule has 0 spiro atoms. The summed E-state index contributed by atoms with van der Waals surface area (Å²) in [7, 11) is 0. The van der Waals surface area contributed by atoms with Gasteiger partial charge >= 0.3 is 6.18 Å². The van der Waals surface area contributed by atoms with Crippen molar-refractivity contribution in [2.75, 3.05) is 11.1 Å². The molecule has 7 nitrogen and oxygen atoms in total. The highest BCUT2D eigenvalue weighted by Crippen LogP contribution is 2.30. The molecule has 0 radical (unpaired) electrons. The molecule has 2 aromatic carbocycles. The smallest absolute Gasteiger partial charge is 0.352 e. The summed E-state index contributed by atoms with van der Waals surface area (Å²) in [4.78, 5) is 36.4. The summed E-state index contributed by atoms with van der Waals surface area (Å²) in [6.45, 7) is 0.381. The molecule has 3 amide bonds. The predicted octanol–water partition coefficient (Wildman–Crippen LogP) is 2.85. The van der Waals surface area contributed by atoms with Gasteiger partial charge in [0, 0.05) is 31.1 Å². The standard InChI is InChI=1S/C22H23F3N4O3S/c23-22(24,25)15-7-4-8-16(9-15)27-20(32)13-33-21-28-17(11-19(31)29-21)10-18(30)26-12-14-5-2-1-3-6-14/h1-9,17,21,28H,10-13H2,(H,26,30)(H,27,32)(H,29,31). The van der Waals surface area contributed by atoms with E-state index in [0.29, 0.717) is 6.54 Å². The third kappa shape index (κ3) is 8.10. The Hall–Kier alpha value is -3.05. The van der Waals surface area contributed by atoms with Crippen molar-refractivity contribution in [2.45, 2.75) is 37.1 Å². The van der Waals surface area contributed by atoms with Crippen molar-refractivity contribution in [2.24, 2.45) is 0 Å². The lowest BCUT2D eigenvalue weighted by molar-refractivity contribution is -0.137. The number of hydrogen-bond acceptors (Lipinski definition) is 5. The van der Waals surface area contributed by atoms with Gasteiger partial charge in [0.15, 0.2) is 0 Å². The summed E-state index contributed by atoms with van der Waals surface area (Å²) in [6, 6.07) is 13.4. The number of anilines is 1. The lowest BCUT2D eigenvalue weighted by Gasteiger charge is -2.30. The minimum atomic E-state index is -4.51. The third-order valence-corrected chi connectivity index (χ3v) is 5.75. The summed E-state index contributed by atoms with van der Waals surface area (Å²) in [5.74, 6) is -1.10. The van der Waals surface area contributed by atoms with E-state index in [1.165, 1.54) is 12.1 Å². The second kappa shape index (κ2) is 11.2. The van der Waals surface area contributed by atoms with Crippen LogP contribution in [0.2, 0.25) is 0 Å². The number of benzene rings is 2. The van der Waals surface area contributed by atoms with Gasteiger partial charge < -0.3 is 16.0 Å². The largest absolute Gasteiger partial charge is 0.416 e. The maximum absolute atomic E-state index is 12.8. The Kier molecular flexibility index (Phi) is 8.34. The van der Waals surface area contributed by atoms with E-state index >= 15 is 0 Å². The first-order valence-electron chi connectivity index (χ1n) is 10.1. The van der Waals surface area contributed by atoms with Crippen LogP contribution in [-0.4, -0.2) is 35.0 Å². The number of carbonyl (C=O) groups excluding carboxylic acids is 3. The van der Waals surface area contributed by atoms with E-state index in [1.807, 2.05) is 30.3 Å². The molecule has 0 aliphatic carbocycles. The maximum Gasteiger partial charge on any atom is 0.416 e. The molecular formula is C22H23F3N4O3S. The molecule has 1 aliphatic rings. The number of alkyl halides is 3. The number of carbonyl (C=O) groups is 3. The van der Waals surface area contributed by atoms with Crippen LogP contribution in [0.4, 0.5) is 18.9 Å². The van der Waals surface area contributed by atoms with Gasteiger partial charge in [0.05, 0.1) is 11.3 Å². The first kappa shape index (κ1) is 24.6. The Labute approximate surface area is 192 Å². The summed E-state index contributed by atoms with van der Waals surface area (Å²) in [6.07, 6.45) is -4.30. The van der Waals surface area contributed by atoms with E-state index in [9.17, 15) is 27.6 Å². The average Bonchev–Trinajstić information content (AvgIpc) is 2.76. The number of hydrogen-bond donors (Lipinski definition) is 4. The van der Waals surface area contributed by atoms with Gasteiger partial charge in [0.2, 0.25) is 17.7 Å². The topological polar surface area (TPSA) is 99.3 Å². The van der Waals surface area contributed by atoms with Crippen molar-refractivity contribution in [3.05, 3.63) is 65.7 Å². The van der Waals surface area contributed by atoms with Gasteiger partial charge in [-0.15, -0.1) is 11.8 Å². The molecule has 1 aliphatic heterocycles. The predicted molar refractivity (Wildman–Crippen MR) is 119 cm³/mol. The van der Waals surface area contributed by atoms with E-state index in [-0.39, 0.29) is 36.1 Å². The third-order valence-electron chi connectivity index (χ3n) is 4.73. The van der Waals surface area contributed by atoms with Crippen molar-refractivity contribution < 1.29 is 27.6 Å². The van der Waals surface area contributed by atoms with Gasteiger partial charge in [0.25, 0.3) is 0 Å². The molecule has 1 heterocycles. The monoisotopic (exact) mass is 480 g/mol. The van der Waals surface area contributed by atoms with Crippen LogP contribution < -0.4 is 21.3 Å². The zero-order valence-corrected chi connectivity index (χ0v) is 18.3. The number of halogens is 3. The Morgan fingerprint density at radius 1 is 1.06 bits per heavy atom. The Morgan fingerprint density at radius 3 is 2.55 bits per heavy atom. The fourth-order valence-corrected chi connectivity index (χ4v) is 4.08. The van der Waals surface area contributed by atoms with Crippen molar-refractivity contribution in [1.29, 1.82) is 0 Å². The normalized spacial score (nSPS) is 18.3. The second-order valence-electron chi connectivity index (χ2n) is 7.42. The van der Waals surface area contributed by atoms with Gasteiger partial charge in [-0.1, -0.05) is 36.4 Å². The van der Waals surface area contributed by atoms with Crippen LogP contribution in [0, 0.1) is 0 Å². The number of thioether (sulfide) groups is 1. The Balaban J connectivity index is 1.44. The molecule has 2 atom stereocenters. The van der Waals surface area contributed by atoms with E-state index in [0.717, 1.165) is 29.5 Å². The summed E-state index contributed by atoms with van der Waals surface area (Å²) in [5, 5.41) is 11.0. The van der Waals surface area contributed by atoms with Crippen LogP contribution in [0.1, 0.15) is 24.0 Å². The molecule has 2 unspecified atom stereocenters. The van der Waals surface area contributed by atoms with Crippen LogP contribution in [-0.2, 0) is 27.1 Å². The van der Waals surface area contributed by atoms with E-state index in [2.05, 4.69) is 21.3 Å². The van der Waals surface area contributed by atoms with Gasteiger partial charge in [-0.2, -0.15) is 13.2 Å². The summed E-state index contributed by atoms with van der Waals surface area (Å²) < 4.78 is 38.4. The fourth-order valence-electron chi connectivity index (χ4n) is 3.19. The molecule has 0 aromatic heterocycles. The van der Waals surface area contributed by atoms with Gasteiger partial charge in [-0.05, 0) is 23.8 Å². The zero-order valence-electron chi connectivity index (χ0n) is 17.4. The molecule has 33 heavy (non-hydrogen) atoms. The first-order valence-corrected chi connectivity index (χ1v) is 11.2. The van der Waals surface area contributed by atoms with Gasteiger partial charge in [-0.3, -0.25) is 19.7 Å². The fraction of sp³-hybridized carbons (Fsp3) is 0.318. The van der Waals surface area contributed by atoms with Gasteiger partial charge in [0.1, 0.15) is 5.50 Å². The van der Waals surface area contributed by atoms with E-state index in [4.69, 9.17) is 0 Å². The molecule has 0 bridgehead atoms. The van der Waals surface area contributed by atoms with Crippen molar-refractivity contribution >= 4 is 35.2 Å². The van der Waals surface area contributed by atoms with E-state index in [1.54, 1.807) is 0 Å². The average molecular weight is 481 g/mol. The lowest BCUT2D eigenvalue weighted by Crippen LogP contribution is -2.56. The SMILES string of the molecule is O=C(CC1CC(=O)NC(SCC(=O)Nc2cccc(C(F)(F)F)c2)N1)NCc1ccccc1. The van der Waals surface area contributed by atoms with Crippen LogP contribution >= 0.6 is 11.8 Å². The Morgan fingerprint density at radius 2 is 1.82 bits per heavy atom. The Bertz CT molecular complexity index is 988. The quantitative estimate of drug-likeness (QED) is 0.466. The van der Waals surface area contributed by atoms with E-state index < -0.39 is 29.2 Å². The highest BCUT2D eigenvalue weighted by molar-refractivity contribution is 8.00. The molecule has 0 saturated carbocycles. The first-order chi connectivity index (χ1) is 15.7. The van der Waals surface area contributed by atoms with Crippen LogP contribution in [0.15, 0.2) is 54.6 Å². The highest BCUT2D eigenvalue weighted by Gasteiger charge is 2.31. The maximum atomic E-state index is 12.8. The molecule has 3 rings (SSSR count). The molecule has 4 N–H and O–H groups in total. The number of rotatable bonds is 8. The van der Waals surface area contributed by atoms with Crippen LogP contribution in [0.25, 0.3) is 0 Å². The highest BCUT2D eigenvalue weighted by atomic mass is 32.2. The number of amides is 3. The lowest BCUT2D eigenvalue weighted by atomic mass is 10.1. The number of nitrogens with one attached hydrogen (secondary N) is 4. The molecule has 2 aromatic rings. The summed E-state index contributed by atoms with van der Waals surface area (Å²) >= 11 is 1.07.